The summed E-state index contributed by atoms with van der Waals surface area (Å²) in [5, 5.41) is 2.70. The van der Waals surface area contributed by atoms with E-state index in [1.54, 1.807) is 6.20 Å². The average Bonchev–Trinajstić information content (AvgIpc) is 3.13. The zero-order valence-electron chi connectivity index (χ0n) is 17.1. The Labute approximate surface area is 179 Å². The van der Waals surface area contributed by atoms with Gasteiger partial charge in [0.05, 0.1) is 23.8 Å². The van der Waals surface area contributed by atoms with Crippen LogP contribution in [0.1, 0.15) is 18.2 Å². The van der Waals surface area contributed by atoms with Crippen LogP contribution in [0.3, 0.4) is 0 Å². The fourth-order valence-electron chi connectivity index (χ4n) is 3.49. The number of rotatable bonds is 5. The number of hydrogen-bond donors (Lipinski definition) is 2. The third-order valence-electron chi connectivity index (χ3n) is 5.12. The summed E-state index contributed by atoms with van der Waals surface area (Å²) >= 11 is 1.54. The predicted octanol–water partition coefficient (Wildman–Crippen LogP) is 3.89. The van der Waals surface area contributed by atoms with Crippen molar-refractivity contribution in [3.63, 3.8) is 0 Å². The van der Waals surface area contributed by atoms with Gasteiger partial charge in [0.2, 0.25) is 0 Å². The zero-order valence-corrected chi connectivity index (χ0v) is 17.9. The highest BCUT2D eigenvalue weighted by atomic mass is 32.1. The number of amides is 2. The number of primary amides is 1. The number of ether oxygens (including phenoxy) is 1. The third kappa shape index (κ3) is 4.67. The first-order chi connectivity index (χ1) is 14.5. The quantitative estimate of drug-likeness (QED) is 0.649. The van der Waals surface area contributed by atoms with Crippen molar-refractivity contribution in [1.29, 1.82) is 0 Å². The van der Waals surface area contributed by atoms with Crippen molar-refractivity contribution < 1.29 is 9.53 Å². The summed E-state index contributed by atoms with van der Waals surface area (Å²) in [6, 6.07) is 12.1. The van der Waals surface area contributed by atoms with Gasteiger partial charge in [-0.25, -0.2) is 14.8 Å². The van der Waals surface area contributed by atoms with Crippen molar-refractivity contribution >= 4 is 23.1 Å². The molecule has 7 nitrogen and oxygen atoms in total. The van der Waals surface area contributed by atoms with Crippen LogP contribution in [0, 0.1) is 6.92 Å². The molecule has 1 aliphatic heterocycles. The van der Waals surface area contributed by atoms with E-state index in [-0.39, 0.29) is 0 Å². The minimum Gasteiger partial charge on any atom is -0.379 e. The van der Waals surface area contributed by atoms with Gasteiger partial charge in [0.15, 0.2) is 5.82 Å². The van der Waals surface area contributed by atoms with E-state index < -0.39 is 6.03 Å². The molecular weight excluding hydrogens is 398 g/mol. The minimum atomic E-state index is -0.608. The molecule has 0 aliphatic carbocycles. The second-order valence-electron chi connectivity index (χ2n) is 7.46. The number of nitrogens with two attached hydrogens (primary N) is 1. The summed E-state index contributed by atoms with van der Waals surface area (Å²) in [4.78, 5) is 24.6. The van der Waals surface area contributed by atoms with Crippen molar-refractivity contribution in [2.75, 3.05) is 25.1 Å². The van der Waals surface area contributed by atoms with E-state index in [4.69, 9.17) is 10.5 Å². The van der Waals surface area contributed by atoms with E-state index in [0.29, 0.717) is 17.6 Å². The van der Waals surface area contributed by atoms with Crippen LogP contribution < -0.4 is 11.1 Å². The van der Waals surface area contributed by atoms with Gasteiger partial charge >= 0.3 is 6.03 Å². The number of morpholine rings is 1. The lowest BCUT2D eigenvalue weighted by molar-refractivity contribution is -0.00436. The topological polar surface area (TPSA) is 93.4 Å². The number of nitrogens with one attached hydrogen (secondary N) is 1. The summed E-state index contributed by atoms with van der Waals surface area (Å²) in [6.45, 7) is 7.54. The van der Waals surface area contributed by atoms with E-state index in [2.05, 4.69) is 51.4 Å². The number of hydrogen-bond acceptors (Lipinski definition) is 6. The van der Waals surface area contributed by atoms with Gasteiger partial charge in [0.1, 0.15) is 0 Å². The van der Waals surface area contributed by atoms with E-state index in [9.17, 15) is 4.79 Å². The number of benzene rings is 1. The molecule has 30 heavy (non-hydrogen) atoms. The fraction of sp³-hybridized carbons (Fsp3) is 0.318. The molecule has 0 saturated carbocycles. The number of thiophene rings is 1. The first-order valence-corrected chi connectivity index (χ1v) is 10.7. The first kappa shape index (κ1) is 20.5. The molecule has 1 aromatic carbocycles. The smallest absolute Gasteiger partial charge is 0.316 e. The maximum absolute atomic E-state index is 11.5. The van der Waals surface area contributed by atoms with Gasteiger partial charge in [-0.3, -0.25) is 4.90 Å². The molecule has 2 aromatic heterocycles. The largest absolute Gasteiger partial charge is 0.379 e. The Morgan fingerprint density at radius 2 is 2.13 bits per heavy atom. The molecule has 1 aliphatic rings. The predicted molar refractivity (Wildman–Crippen MR) is 119 cm³/mol. The number of aryl methyl sites for hydroxylation is 1. The highest BCUT2D eigenvalue weighted by Gasteiger charge is 2.19. The van der Waals surface area contributed by atoms with E-state index in [1.807, 2.05) is 19.1 Å². The fourth-order valence-corrected chi connectivity index (χ4v) is 4.55. The molecule has 0 spiro atoms. The molecule has 1 saturated heterocycles. The molecule has 3 heterocycles. The molecule has 8 heteroatoms. The van der Waals surface area contributed by atoms with Crippen molar-refractivity contribution in [1.82, 2.24) is 14.9 Å². The van der Waals surface area contributed by atoms with Crippen molar-refractivity contribution in [2.45, 2.75) is 26.4 Å². The summed E-state index contributed by atoms with van der Waals surface area (Å²) in [6.07, 6.45) is 1.71. The monoisotopic (exact) mass is 423 g/mol. The molecule has 0 bridgehead atoms. The standard InChI is InChI=1S/C22H25N5O2S/c1-14-7-8-24-21(25-14)20-18(26-22(23)28)11-19(30-20)17-5-3-16(4-6-17)12-27-9-10-29-13-15(27)2/h3-8,11,15H,9-10,12-13H2,1-2H3,(H3,23,26,28)/t15-/m0/s1. The molecule has 4 rings (SSSR count). The van der Waals surface area contributed by atoms with Crippen molar-refractivity contribution in [3.05, 3.63) is 53.9 Å². The van der Waals surface area contributed by atoms with Crippen molar-refractivity contribution in [3.8, 4) is 21.1 Å². The Bertz CT molecular complexity index is 1030. The molecule has 3 aromatic rings. The molecule has 0 unspecified atom stereocenters. The Morgan fingerprint density at radius 1 is 1.33 bits per heavy atom. The van der Waals surface area contributed by atoms with Crippen LogP contribution in [0.15, 0.2) is 42.6 Å². The molecule has 0 radical (unpaired) electrons. The lowest BCUT2D eigenvalue weighted by atomic mass is 10.1. The van der Waals surface area contributed by atoms with Gasteiger partial charge in [-0.2, -0.15) is 0 Å². The van der Waals surface area contributed by atoms with Gasteiger partial charge in [-0.1, -0.05) is 24.3 Å². The van der Waals surface area contributed by atoms with Gasteiger partial charge in [-0.05, 0) is 37.1 Å². The number of anilines is 1. The van der Waals surface area contributed by atoms with Gasteiger partial charge < -0.3 is 15.8 Å². The molecule has 2 amide bonds. The maximum atomic E-state index is 11.5. The van der Waals surface area contributed by atoms with Crippen LogP contribution in [0.5, 0.6) is 0 Å². The SMILES string of the molecule is Cc1ccnc(-c2sc(-c3ccc(CN4CCOC[C@@H]4C)cc3)cc2NC(N)=O)n1. The van der Waals surface area contributed by atoms with Crippen LogP contribution in [-0.4, -0.2) is 46.7 Å². The van der Waals surface area contributed by atoms with E-state index >= 15 is 0 Å². The molecule has 1 fully saturated rings. The zero-order chi connectivity index (χ0) is 21.1. The third-order valence-corrected chi connectivity index (χ3v) is 6.30. The minimum absolute atomic E-state index is 0.426. The van der Waals surface area contributed by atoms with Gasteiger partial charge in [-0.15, -0.1) is 11.3 Å². The summed E-state index contributed by atoms with van der Waals surface area (Å²) in [7, 11) is 0. The summed E-state index contributed by atoms with van der Waals surface area (Å²) in [5.74, 6) is 0.577. The Hall–Kier alpha value is -2.81. The number of aromatic nitrogens is 2. The lowest BCUT2D eigenvalue weighted by Gasteiger charge is -2.33. The highest BCUT2D eigenvalue weighted by molar-refractivity contribution is 7.19. The number of nitrogens with zero attached hydrogens (tertiary/aromatic N) is 3. The molecule has 156 valence electrons. The van der Waals surface area contributed by atoms with Crippen molar-refractivity contribution in [2.24, 2.45) is 5.73 Å². The average molecular weight is 424 g/mol. The first-order valence-electron chi connectivity index (χ1n) is 9.91. The number of carbonyl (C=O) groups is 1. The van der Waals surface area contributed by atoms with Crippen LogP contribution >= 0.6 is 11.3 Å². The van der Waals surface area contributed by atoms with Gasteiger partial charge in [0.25, 0.3) is 0 Å². The van der Waals surface area contributed by atoms with Crippen LogP contribution in [0.2, 0.25) is 0 Å². The summed E-state index contributed by atoms with van der Waals surface area (Å²) < 4.78 is 5.52. The maximum Gasteiger partial charge on any atom is 0.316 e. The van der Waals surface area contributed by atoms with E-state index in [0.717, 1.165) is 47.3 Å². The summed E-state index contributed by atoms with van der Waals surface area (Å²) in [5.41, 5.74) is 9.20. The highest BCUT2D eigenvalue weighted by Crippen LogP contribution is 2.40. The molecule has 1 atom stereocenters. The Balaban J connectivity index is 1.59. The second-order valence-corrected chi connectivity index (χ2v) is 8.51. The van der Waals surface area contributed by atoms with Crippen LogP contribution in [0.25, 0.3) is 21.1 Å². The van der Waals surface area contributed by atoms with Gasteiger partial charge in [0, 0.05) is 35.9 Å². The normalized spacial score (nSPS) is 17.1. The molecule has 3 N–H and O–H groups in total. The van der Waals surface area contributed by atoms with Crippen LogP contribution in [-0.2, 0) is 11.3 Å². The Kier molecular flexibility index (Phi) is 6.08. The second kappa shape index (κ2) is 8.91. The lowest BCUT2D eigenvalue weighted by Crippen LogP contribution is -2.42. The Morgan fingerprint density at radius 3 is 2.83 bits per heavy atom. The molecular formula is C22H25N5O2S. The van der Waals surface area contributed by atoms with E-state index in [1.165, 1.54) is 16.9 Å². The number of carbonyl (C=O) groups excluding carboxylic acids is 1. The van der Waals surface area contributed by atoms with Crippen LogP contribution in [0.4, 0.5) is 10.5 Å². The number of urea groups is 1.